The number of aromatic nitrogens is 2. The molecule has 110 valence electrons. The zero-order valence-corrected chi connectivity index (χ0v) is 12.0. The Morgan fingerprint density at radius 2 is 1.77 bits per heavy atom. The van der Waals surface area contributed by atoms with Gasteiger partial charge in [-0.05, 0) is 31.2 Å². The Morgan fingerprint density at radius 1 is 1.09 bits per heavy atom. The highest BCUT2D eigenvalue weighted by Crippen LogP contribution is 2.19. The number of carbonyl (C=O) groups excluding carboxylic acids is 1. The van der Waals surface area contributed by atoms with E-state index < -0.39 is 5.91 Å². The molecule has 0 fully saturated rings. The molecular formula is C17H15N3O2. The molecule has 3 aromatic rings. The topological polar surface area (TPSA) is 67.2 Å². The van der Waals surface area contributed by atoms with Gasteiger partial charge in [-0.2, -0.15) is 5.10 Å². The highest BCUT2D eigenvalue weighted by Gasteiger charge is 2.17. The van der Waals surface area contributed by atoms with Crippen molar-refractivity contribution in [2.24, 2.45) is 0 Å². The molecule has 0 saturated carbocycles. The van der Waals surface area contributed by atoms with E-state index in [0.29, 0.717) is 5.69 Å². The van der Waals surface area contributed by atoms with Crippen LogP contribution in [0.1, 0.15) is 16.1 Å². The normalized spacial score (nSPS) is 10.4. The van der Waals surface area contributed by atoms with E-state index in [9.17, 15) is 9.90 Å². The zero-order chi connectivity index (χ0) is 15.5. The monoisotopic (exact) mass is 293 g/mol. The van der Waals surface area contributed by atoms with Crippen LogP contribution in [0.4, 0.5) is 5.69 Å². The molecule has 0 atom stereocenters. The van der Waals surface area contributed by atoms with Crippen LogP contribution in [0, 0.1) is 6.92 Å². The molecule has 1 aromatic heterocycles. The molecule has 22 heavy (non-hydrogen) atoms. The standard InChI is InChI=1S/C17H15N3O2/c1-12-7-9-13(10-8-12)18-17(22)16-15(21)11-20(19-16)14-5-3-2-4-6-14/h2-11,21H,1H3,(H,18,22). The second kappa shape index (κ2) is 5.73. The van der Waals surface area contributed by atoms with Crippen molar-refractivity contribution in [3.8, 4) is 11.4 Å². The summed E-state index contributed by atoms with van der Waals surface area (Å²) in [4.78, 5) is 12.2. The van der Waals surface area contributed by atoms with Gasteiger partial charge < -0.3 is 10.4 Å². The first-order chi connectivity index (χ1) is 10.6. The Balaban J connectivity index is 1.84. The minimum absolute atomic E-state index is 0.00979. The molecule has 2 N–H and O–H groups in total. The number of hydrogen-bond acceptors (Lipinski definition) is 3. The van der Waals surface area contributed by atoms with Crippen molar-refractivity contribution in [1.82, 2.24) is 9.78 Å². The van der Waals surface area contributed by atoms with Crippen LogP contribution in [0.5, 0.6) is 5.75 Å². The summed E-state index contributed by atoms with van der Waals surface area (Å²) in [5, 5.41) is 16.8. The molecule has 0 unspecified atom stereocenters. The maximum absolute atomic E-state index is 12.2. The molecule has 1 heterocycles. The molecule has 0 aliphatic rings. The Morgan fingerprint density at radius 3 is 2.45 bits per heavy atom. The minimum atomic E-state index is -0.448. The van der Waals surface area contributed by atoms with Crippen LogP contribution in [0.15, 0.2) is 60.8 Å². The third-order valence-electron chi connectivity index (χ3n) is 3.24. The van der Waals surface area contributed by atoms with Crippen molar-refractivity contribution in [2.45, 2.75) is 6.92 Å². The lowest BCUT2D eigenvalue weighted by molar-refractivity contribution is 0.101. The van der Waals surface area contributed by atoms with Gasteiger partial charge in [-0.3, -0.25) is 4.79 Å². The smallest absolute Gasteiger partial charge is 0.280 e. The van der Waals surface area contributed by atoms with Gasteiger partial charge in [0.2, 0.25) is 0 Å². The molecule has 0 saturated heterocycles. The molecule has 0 spiro atoms. The number of nitrogens with zero attached hydrogens (tertiary/aromatic N) is 2. The molecule has 0 bridgehead atoms. The maximum atomic E-state index is 12.2. The maximum Gasteiger partial charge on any atom is 0.280 e. The van der Waals surface area contributed by atoms with Crippen molar-refractivity contribution in [3.63, 3.8) is 0 Å². The van der Waals surface area contributed by atoms with Gasteiger partial charge in [0, 0.05) is 5.69 Å². The van der Waals surface area contributed by atoms with Crippen LogP contribution in [-0.2, 0) is 0 Å². The van der Waals surface area contributed by atoms with Gasteiger partial charge in [0.15, 0.2) is 11.4 Å². The Labute approximate surface area is 127 Å². The molecule has 5 nitrogen and oxygen atoms in total. The summed E-state index contributed by atoms with van der Waals surface area (Å²) in [6, 6.07) is 16.7. The first-order valence-corrected chi connectivity index (χ1v) is 6.85. The van der Waals surface area contributed by atoms with E-state index in [-0.39, 0.29) is 11.4 Å². The van der Waals surface area contributed by atoms with Gasteiger partial charge in [-0.15, -0.1) is 0 Å². The first kappa shape index (κ1) is 13.9. The number of aromatic hydroxyl groups is 1. The number of hydrogen-bond donors (Lipinski definition) is 2. The van der Waals surface area contributed by atoms with Crippen LogP contribution < -0.4 is 5.32 Å². The number of carbonyl (C=O) groups is 1. The third-order valence-corrected chi connectivity index (χ3v) is 3.24. The lowest BCUT2D eigenvalue weighted by Gasteiger charge is -2.04. The van der Waals surface area contributed by atoms with E-state index in [1.807, 2.05) is 49.4 Å². The SMILES string of the molecule is Cc1ccc(NC(=O)c2nn(-c3ccccc3)cc2O)cc1. The molecule has 0 radical (unpaired) electrons. The molecule has 0 aliphatic heterocycles. The van der Waals surface area contributed by atoms with E-state index in [1.165, 1.54) is 10.9 Å². The number of anilines is 1. The number of aryl methyl sites for hydroxylation is 1. The van der Waals surface area contributed by atoms with Gasteiger partial charge in [-0.25, -0.2) is 4.68 Å². The average molecular weight is 293 g/mol. The number of para-hydroxylation sites is 1. The van der Waals surface area contributed by atoms with Crippen LogP contribution in [0.3, 0.4) is 0 Å². The second-order valence-electron chi connectivity index (χ2n) is 4.96. The van der Waals surface area contributed by atoms with Crippen molar-refractivity contribution in [2.75, 3.05) is 5.32 Å². The summed E-state index contributed by atoms with van der Waals surface area (Å²) in [7, 11) is 0. The summed E-state index contributed by atoms with van der Waals surface area (Å²) in [5.41, 5.74) is 2.52. The summed E-state index contributed by atoms with van der Waals surface area (Å²) < 4.78 is 1.47. The van der Waals surface area contributed by atoms with Gasteiger partial charge in [0.1, 0.15) is 0 Å². The summed E-state index contributed by atoms with van der Waals surface area (Å²) in [6.45, 7) is 1.97. The van der Waals surface area contributed by atoms with Crippen LogP contribution in [0.2, 0.25) is 0 Å². The number of benzene rings is 2. The van der Waals surface area contributed by atoms with E-state index in [4.69, 9.17) is 0 Å². The van der Waals surface area contributed by atoms with Gasteiger partial charge in [-0.1, -0.05) is 35.9 Å². The van der Waals surface area contributed by atoms with E-state index in [1.54, 1.807) is 12.1 Å². The largest absolute Gasteiger partial charge is 0.504 e. The highest BCUT2D eigenvalue weighted by atomic mass is 16.3. The predicted octanol–water partition coefficient (Wildman–Crippen LogP) is 3.14. The predicted molar refractivity (Wildman–Crippen MR) is 84.4 cm³/mol. The fraction of sp³-hybridized carbons (Fsp3) is 0.0588. The summed E-state index contributed by atoms with van der Waals surface area (Å²) in [6.07, 6.45) is 1.42. The fourth-order valence-corrected chi connectivity index (χ4v) is 2.07. The molecule has 5 heteroatoms. The van der Waals surface area contributed by atoms with Crippen molar-refractivity contribution < 1.29 is 9.90 Å². The number of rotatable bonds is 3. The Bertz CT molecular complexity index is 793. The first-order valence-electron chi connectivity index (χ1n) is 6.85. The van der Waals surface area contributed by atoms with Crippen molar-refractivity contribution in [3.05, 3.63) is 72.1 Å². The molecule has 2 aromatic carbocycles. The van der Waals surface area contributed by atoms with Crippen molar-refractivity contribution >= 4 is 11.6 Å². The van der Waals surface area contributed by atoms with Gasteiger partial charge >= 0.3 is 0 Å². The average Bonchev–Trinajstić information content (AvgIpc) is 2.92. The number of amides is 1. The van der Waals surface area contributed by atoms with E-state index in [2.05, 4.69) is 10.4 Å². The van der Waals surface area contributed by atoms with E-state index in [0.717, 1.165) is 11.3 Å². The lowest BCUT2D eigenvalue weighted by atomic mass is 10.2. The Hall–Kier alpha value is -3.08. The van der Waals surface area contributed by atoms with E-state index >= 15 is 0 Å². The second-order valence-corrected chi connectivity index (χ2v) is 4.96. The quantitative estimate of drug-likeness (QED) is 0.779. The van der Waals surface area contributed by atoms with Crippen LogP contribution in [-0.4, -0.2) is 20.8 Å². The summed E-state index contributed by atoms with van der Waals surface area (Å²) in [5.74, 6) is -0.607. The zero-order valence-electron chi connectivity index (χ0n) is 12.0. The third kappa shape index (κ3) is 2.83. The Kier molecular flexibility index (Phi) is 3.62. The molecule has 1 amide bonds. The number of nitrogens with one attached hydrogen (secondary N) is 1. The van der Waals surface area contributed by atoms with Crippen LogP contribution in [0.25, 0.3) is 5.69 Å². The molecule has 0 aliphatic carbocycles. The van der Waals surface area contributed by atoms with Gasteiger partial charge in [0.25, 0.3) is 5.91 Å². The summed E-state index contributed by atoms with van der Waals surface area (Å²) >= 11 is 0. The molecular weight excluding hydrogens is 278 g/mol. The lowest BCUT2D eigenvalue weighted by Crippen LogP contribution is -2.13. The van der Waals surface area contributed by atoms with Crippen LogP contribution >= 0.6 is 0 Å². The highest BCUT2D eigenvalue weighted by molar-refractivity contribution is 6.04. The van der Waals surface area contributed by atoms with Gasteiger partial charge in [0.05, 0.1) is 11.9 Å². The minimum Gasteiger partial charge on any atom is -0.504 e. The molecule has 3 rings (SSSR count). The fourth-order valence-electron chi connectivity index (χ4n) is 2.07. The van der Waals surface area contributed by atoms with Crippen molar-refractivity contribution in [1.29, 1.82) is 0 Å².